The molecule has 0 unspecified atom stereocenters. The number of nitrogens with one attached hydrogen (secondary N) is 2. The van der Waals surface area contributed by atoms with E-state index in [1.165, 1.54) is 21.7 Å². The van der Waals surface area contributed by atoms with Crippen molar-refractivity contribution < 1.29 is 0 Å². The Morgan fingerprint density at radius 1 is 1.17 bits per heavy atom. The van der Waals surface area contributed by atoms with E-state index in [0.717, 1.165) is 44.0 Å². The molecule has 0 aliphatic carbocycles. The lowest BCUT2D eigenvalue weighted by Gasteiger charge is -2.13. The molecule has 0 saturated carbocycles. The quantitative estimate of drug-likeness (QED) is 0.457. The molecule has 0 aliphatic heterocycles. The van der Waals surface area contributed by atoms with Crippen LogP contribution < -0.4 is 10.6 Å². The van der Waals surface area contributed by atoms with E-state index in [1.807, 2.05) is 14.0 Å². The van der Waals surface area contributed by atoms with Crippen LogP contribution in [0.1, 0.15) is 40.2 Å². The van der Waals surface area contributed by atoms with Crippen molar-refractivity contribution in [2.75, 3.05) is 13.6 Å². The molecule has 0 bridgehead atoms. The van der Waals surface area contributed by atoms with Gasteiger partial charge in [0.25, 0.3) is 0 Å². The van der Waals surface area contributed by atoms with E-state index in [1.54, 1.807) is 11.3 Å². The van der Waals surface area contributed by atoms with Gasteiger partial charge >= 0.3 is 0 Å². The molecule has 2 aromatic rings. The molecular formula is C19H28N4S. The summed E-state index contributed by atoms with van der Waals surface area (Å²) in [4.78, 5) is 8.79. The van der Waals surface area contributed by atoms with Crippen LogP contribution in [0.5, 0.6) is 0 Å². The highest BCUT2D eigenvalue weighted by molar-refractivity contribution is 7.09. The summed E-state index contributed by atoms with van der Waals surface area (Å²) in [6.45, 7) is 8.05. The van der Waals surface area contributed by atoms with Crippen LogP contribution in [0, 0.1) is 20.8 Å². The summed E-state index contributed by atoms with van der Waals surface area (Å²) >= 11 is 1.76. The molecule has 5 heteroatoms. The number of nitrogens with zero attached hydrogens (tertiary/aromatic N) is 2. The monoisotopic (exact) mass is 344 g/mol. The van der Waals surface area contributed by atoms with Gasteiger partial charge in [0.1, 0.15) is 0 Å². The smallest absolute Gasteiger partial charge is 0.191 e. The predicted octanol–water partition coefficient (Wildman–Crippen LogP) is 3.76. The minimum atomic E-state index is 0.796. The van der Waals surface area contributed by atoms with Gasteiger partial charge in [-0.2, -0.15) is 0 Å². The average molecular weight is 345 g/mol. The third kappa shape index (κ3) is 5.96. The molecular weight excluding hydrogens is 316 g/mol. The highest BCUT2D eigenvalue weighted by Crippen LogP contribution is 2.11. The minimum absolute atomic E-state index is 0.796. The van der Waals surface area contributed by atoms with Crippen LogP contribution in [0.25, 0.3) is 0 Å². The second kappa shape index (κ2) is 9.42. The molecule has 1 heterocycles. The van der Waals surface area contributed by atoms with E-state index >= 15 is 0 Å². The SMILES string of the molecule is CN=C(NCCCCc1nc(C)cs1)NCc1ccc(C)cc1C. The van der Waals surface area contributed by atoms with E-state index < -0.39 is 0 Å². The molecule has 130 valence electrons. The third-order valence-electron chi connectivity index (χ3n) is 3.94. The van der Waals surface area contributed by atoms with Gasteiger partial charge in [0.2, 0.25) is 0 Å². The van der Waals surface area contributed by atoms with Gasteiger partial charge in [-0.3, -0.25) is 4.99 Å². The lowest BCUT2D eigenvalue weighted by Crippen LogP contribution is -2.37. The Morgan fingerprint density at radius 3 is 2.67 bits per heavy atom. The van der Waals surface area contributed by atoms with Crippen molar-refractivity contribution >= 4 is 17.3 Å². The molecule has 0 spiro atoms. The molecule has 1 aromatic heterocycles. The summed E-state index contributed by atoms with van der Waals surface area (Å²) in [6.07, 6.45) is 3.33. The molecule has 0 aliphatic rings. The van der Waals surface area contributed by atoms with Crippen LogP contribution >= 0.6 is 11.3 Å². The number of thiazole rings is 1. The summed E-state index contributed by atoms with van der Waals surface area (Å²) in [6, 6.07) is 6.55. The maximum Gasteiger partial charge on any atom is 0.191 e. The second-order valence-corrected chi connectivity index (χ2v) is 7.06. The minimum Gasteiger partial charge on any atom is -0.356 e. The molecule has 0 radical (unpaired) electrons. The standard InChI is InChI=1S/C19H28N4S/c1-14-8-9-17(15(2)11-14)12-22-19(20-4)21-10-6-5-7-18-23-16(3)13-24-18/h8-9,11,13H,5-7,10,12H2,1-4H3,(H2,20,21,22). The molecule has 0 amide bonds. The molecule has 0 saturated heterocycles. The number of benzene rings is 1. The van der Waals surface area contributed by atoms with E-state index in [2.05, 4.69) is 58.0 Å². The summed E-state index contributed by atoms with van der Waals surface area (Å²) < 4.78 is 0. The van der Waals surface area contributed by atoms with Crippen LogP contribution in [-0.2, 0) is 13.0 Å². The van der Waals surface area contributed by atoms with Gasteiger partial charge in [0.15, 0.2) is 5.96 Å². The Morgan fingerprint density at radius 2 is 2.00 bits per heavy atom. The van der Waals surface area contributed by atoms with Crippen LogP contribution in [0.4, 0.5) is 0 Å². The van der Waals surface area contributed by atoms with Gasteiger partial charge in [-0.25, -0.2) is 4.98 Å². The number of rotatable bonds is 7. The summed E-state index contributed by atoms with van der Waals surface area (Å²) in [7, 11) is 1.82. The first-order chi connectivity index (χ1) is 11.6. The van der Waals surface area contributed by atoms with E-state index in [9.17, 15) is 0 Å². The predicted molar refractivity (Wildman–Crippen MR) is 104 cm³/mol. The van der Waals surface area contributed by atoms with Crippen molar-refractivity contribution in [2.24, 2.45) is 4.99 Å². The lowest BCUT2D eigenvalue weighted by molar-refractivity contribution is 0.691. The van der Waals surface area contributed by atoms with Crippen molar-refractivity contribution in [3.8, 4) is 0 Å². The fourth-order valence-corrected chi connectivity index (χ4v) is 3.39. The van der Waals surface area contributed by atoms with Crippen LogP contribution in [0.3, 0.4) is 0 Å². The number of aliphatic imine (C=N–C) groups is 1. The van der Waals surface area contributed by atoms with E-state index in [0.29, 0.717) is 0 Å². The molecule has 0 atom stereocenters. The molecule has 0 fully saturated rings. The zero-order chi connectivity index (χ0) is 17.4. The largest absolute Gasteiger partial charge is 0.356 e. The van der Waals surface area contributed by atoms with Gasteiger partial charge in [-0.1, -0.05) is 23.8 Å². The summed E-state index contributed by atoms with van der Waals surface area (Å²) in [5.74, 6) is 0.861. The van der Waals surface area contributed by atoms with E-state index in [4.69, 9.17) is 0 Å². The maximum absolute atomic E-state index is 4.50. The first-order valence-electron chi connectivity index (χ1n) is 8.50. The number of unbranched alkanes of at least 4 members (excludes halogenated alkanes) is 1. The first-order valence-corrected chi connectivity index (χ1v) is 9.38. The number of aryl methyl sites for hydroxylation is 4. The number of hydrogen-bond acceptors (Lipinski definition) is 3. The van der Waals surface area contributed by atoms with Crippen molar-refractivity contribution in [1.82, 2.24) is 15.6 Å². The number of guanidine groups is 1. The third-order valence-corrected chi connectivity index (χ3v) is 4.97. The summed E-state index contributed by atoms with van der Waals surface area (Å²) in [5.41, 5.74) is 5.05. The van der Waals surface area contributed by atoms with Crippen LogP contribution in [0.2, 0.25) is 0 Å². The van der Waals surface area contributed by atoms with Gasteiger partial charge in [-0.15, -0.1) is 11.3 Å². The van der Waals surface area contributed by atoms with Crippen molar-refractivity contribution in [1.29, 1.82) is 0 Å². The topological polar surface area (TPSA) is 49.3 Å². The Bertz CT molecular complexity index is 676. The van der Waals surface area contributed by atoms with Crippen molar-refractivity contribution in [2.45, 2.75) is 46.6 Å². The maximum atomic E-state index is 4.50. The Kier molecular flexibility index (Phi) is 7.25. The fraction of sp³-hybridized carbons (Fsp3) is 0.474. The zero-order valence-corrected chi connectivity index (χ0v) is 16.0. The van der Waals surface area contributed by atoms with Gasteiger partial charge in [-0.05, 0) is 51.2 Å². The molecule has 1 aromatic carbocycles. The Balaban J connectivity index is 1.67. The van der Waals surface area contributed by atoms with E-state index in [-0.39, 0.29) is 0 Å². The van der Waals surface area contributed by atoms with Crippen LogP contribution in [0.15, 0.2) is 28.6 Å². The highest BCUT2D eigenvalue weighted by Gasteiger charge is 2.02. The highest BCUT2D eigenvalue weighted by atomic mass is 32.1. The Hall–Kier alpha value is -1.88. The zero-order valence-electron chi connectivity index (χ0n) is 15.1. The second-order valence-electron chi connectivity index (χ2n) is 6.12. The average Bonchev–Trinajstić information content (AvgIpc) is 2.97. The molecule has 24 heavy (non-hydrogen) atoms. The number of hydrogen-bond donors (Lipinski definition) is 2. The van der Waals surface area contributed by atoms with Gasteiger partial charge < -0.3 is 10.6 Å². The van der Waals surface area contributed by atoms with Crippen molar-refractivity contribution in [3.05, 3.63) is 51.0 Å². The first kappa shape index (κ1) is 18.5. The normalized spacial score (nSPS) is 11.6. The fourth-order valence-electron chi connectivity index (χ4n) is 2.57. The van der Waals surface area contributed by atoms with Crippen molar-refractivity contribution in [3.63, 3.8) is 0 Å². The molecule has 2 rings (SSSR count). The van der Waals surface area contributed by atoms with Gasteiger partial charge in [0, 0.05) is 31.2 Å². The number of aromatic nitrogens is 1. The Labute approximate surface area is 149 Å². The molecule has 4 nitrogen and oxygen atoms in total. The van der Waals surface area contributed by atoms with Gasteiger partial charge in [0.05, 0.1) is 5.01 Å². The molecule has 2 N–H and O–H groups in total. The summed E-state index contributed by atoms with van der Waals surface area (Å²) in [5, 5.41) is 10.1. The van der Waals surface area contributed by atoms with Crippen LogP contribution in [-0.4, -0.2) is 24.5 Å². The lowest BCUT2D eigenvalue weighted by atomic mass is 10.1.